The van der Waals surface area contributed by atoms with Gasteiger partial charge in [0.1, 0.15) is 23.7 Å². The van der Waals surface area contributed by atoms with Gasteiger partial charge in [-0.2, -0.15) is 0 Å². The van der Waals surface area contributed by atoms with Gasteiger partial charge in [-0.15, -0.1) is 0 Å². The minimum Gasteiger partial charge on any atom is -0.494 e. The molecule has 0 saturated carbocycles. The predicted molar refractivity (Wildman–Crippen MR) is 90.9 cm³/mol. The summed E-state index contributed by atoms with van der Waals surface area (Å²) in [4.78, 5) is 8.48. The van der Waals surface area contributed by atoms with Crippen LogP contribution >= 0.6 is 0 Å². The van der Waals surface area contributed by atoms with E-state index in [1.54, 1.807) is 6.33 Å². The van der Waals surface area contributed by atoms with Crippen molar-refractivity contribution in [2.45, 2.75) is 27.2 Å². The van der Waals surface area contributed by atoms with Gasteiger partial charge in [0, 0.05) is 18.3 Å². The number of aromatic nitrogens is 2. The Morgan fingerprint density at radius 3 is 2.50 bits per heavy atom. The van der Waals surface area contributed by atoms with Gasteiger partial charge in [0.25, 0.3) is 0 Å². The van der Waals surface area contributed by atoms with Crippen LogP contribution in [0, 0.1) is 5.92 Å². The zero-order chi connectivity index (χ0) is 15.8. The Morgan fingerprint density at radius 2 is 1.82 bits per heavy atom. The average molecular weight is 300 g/mol. The topological polar surface area (TPSA) is 59.1 Å². The fraction of sp³-hybridized carbons (Fsp3) is 0.412. The number of hydrogen-bond donors (Lipinski definition) is 2. The molecular weight excluding hydrogens is 276 g/mol. The summed E-state index contributed by atoms with van der Waals surface area (Å²) in [5.41, 5.74) is 0.968. The number of benzene rings is 1. The lowest BCUT2D eigenvalue weighted by atomic mass is 10.1. The molecule has 5 heteroatoms. The fourth-order valence-electron chi connectivity index (χ4n) is 1.96. The van der Waals surface area contributed by atoms with Crippen LogP contribution in [0.1, 0.15) is 27.2 Å². The Kier molecular flexibility index (Phi) is 6.01. The highest BCUT2D eigenvalue weighted by molar-refractivity contribution is 5.59. The van der Waals surface area contributed by atoms with Crippen molar-refractivity contribution in [1.29, 1.82) is 0 Å². The van der Waals surface area contributed by atoms with Crippen molar-refractivity contribution < 1.29 is 4.74 Å². The van der Waals surface area contributed by atoms with Crippen molar-refractivity contribution in [2.24, 2.45) is 5.92 Å². The first-order valence-electron chi connectivity index (χ1n) is 7.73. The molecule has 1 heterocycles. The van der Waals surface area contributed by atoms with E-state index in [4.69, 9.17) is 4.74 Å². The lowest BCUT2D eigenvalue weighted by Gasteiger charge is -2.10. The van der Waals surface area contributed by atoms with Crippen molar-refractivity contribution in [3.63, 3.8) is 0 Å². The quantitative estimate of drug-likeness (QED) is 0.769. The van der Waals surface area contributed by atoms with Crippen molar-refractivity contribution in [3.05, 3.63) is 36.7 Å². The van der Waals surface area contributed by atoms with Crippen LogP contribution in [0.5, 0.6) is 5.75 Å². The molecule has 0 amide bonds. The van der Waals surface area contributed by atoms with Crippen LogP contribution in [0.3, 0.4) is 0 Å². The van der Waals surface area contributed by atoms with Gasteiger partial charge in [-0.25, -0.2) is 9.97 Å². The molecule has 0 aliphatic rings. The summed E-state index contributed by atoms with van der Waals surface area (Å²) in [7, 11) is 0. The molecule has 22 heavy (non-hydrogen) atoms. The minimum atomic E-state index is 0.671. The summed E-state index contributed by atoms with van der Waals surface area (Å²) < 4.78 is 5.43. The molecule has 0 fully saturated rings. The van der Waals surface area contributed by atoms with Gasteiger partial charge >= 0.3 is 0 Å². The number of nitrogens with one attached hydrogen (secondary N) is 2. The molecule has 1 aromatic heterocycles. The fourth-order valence-corrected chi connectivity index (χ4v) is 1.96. The van der Waals surface area contributed by atoms with Crippen molar-refractivity contribution in [1.82, 2.24) is 9.97 Å². The Balaban J connectivity index is 1.94. The normalized spacial score (nSPS) is 10.5. The first kappa shape index (κ1) is 16.1. The maximum atomic E-state index is 5.43. The van der Waals surface area contributed by atoms with Crippen molar-refractivity contribution in [3.8, 4) is 5.75 Å². The summed E-state index contributed by atoms with van der Waals surface area (Å²) in [5, 5.41) is 6.58. The van der Waals surface area contributed by atoms with E-state index in [1.807, 2.05) is 37.3 Å². The first-order valence-corrected chi connectivity index (χ1v) is 7.73. The van der Waals surface area contributed by atoms with Crippen LogP contribution in [0.2, 0.25) is 0 Å². The Morgan fingerprint density at radius 1 is 1.09 bits per heavy atom. The molecule has 0 atom stereocenters. The van der Waals surface area contributed by atoms with E-state index in [0.29, 0.717) is 12.5 Å². The summed E-state index contributed by atoms with van der Waals surface area (Å²) in [5.74, 6) is 3.15. The Labute approximate surface area is 132 Å². The molecule has 118 valence electrons. The number of ether oxygens (including phenoxy) is 1. The lowest BCUT2D eigenvalue weighted by Crippen LogP contribution is -2.07. The molecule has 2 aromatic rings. The highest BCUT2D eigenvalue weighted by atomic mass is 16.5. The molecule has 0 spiro atoms. The second kappa shape index (κ2) is 8.22. The predicted octanol–water partition coefficient (Wildman–Crippen LogP) is 4.08. The molecule has 0 aliphatic heterocycles. The van der Waals surface area contributed by atoms with Crippen LogP contribution in [0.4, 0.5) is 17.3 Å². The van der Waals surface area contributed by atoms with Crippen LogP contribution in [0.15, 0.2) is 36.7 Å². The zero-order valence-corrected chi connectivity index (χ0v) is 13.5. The van der Waals surface area contributed by atoms with E-state index in [1.165, 1.54) is 0 Å². The largest absolute Gasteiger partial charge is 0.494 e. The van der Waals surface area contributed by atoms with E-state index < -0.39 is 0 Å². The minimum absolute atomic E-state index is 0.671. The molecule has 0 saturated heterocycles. The molecule has 0 aliphatic carbocycles. The summed E-state index contributed by atoms with van der Waals surface area (Å²) in [6.07, 6.45) is 2.68. The first-order chi connectivity index (χ1) is 10.7. The molecule has 0 unspecified atom stereocenters. The second-order valence-corrected chi connectivity index (χ2v) is 5.48. The summed E-state index contributed by atoms with van der Waals surface area (Å²) in [6.45, 7) is 7.98. The van der Waals surface area contributed by atoms with Crippen LogP contribution < -0.4 is 15.4 Å². The Hall–Kier alpha value is -2.30. The SMILES string of the molecule is CCOc1ccc(Nc2cc(NCCC(C)C)ncn2)cc1. The molecule has 5 nitrogen and oxygen atoms in total. The Bertz CT molecular complexity index is 569. The van der Waals surface area contributed by atoms with E-state index in [2.05, 4.69) is 34.4 Å². The second-order valence-electron chi connectivity index (χ2n) is 5.48. The van der Waals surface area contributed by atoms with Gasteiger partial charge in [-0.05, 0) is 43.5 Å². The highest BCUT2D eigenvalue weighted by Crippen LogP contribution is 2.19. The third kappa shape index (κ3) is 5.24. The summed E-state index contributed by atoms with van der Waals surface area (Å²) in [6, 6.07) is 9.73. The van der Waals surface area contributed by atoms with Gasteiger partial charge in [-0.3, -0.25) is 0 Å². The van der Waals surface area contributed by atoms with E-state index in [0.717, 1.165) is 36.0 Å². The number of anilines is 3. The van der Waals surface area contributed by atoms with Crippen molar-refractivity contribution in [2.75, 3.05) is 23.8 Å². The number of hydrogen-bond acceptors (Lipinski definition) is 5. The zero-order valence-electron chi connectivity index (χ0n) is 13.5. The highest BCUT2D eigenvalue weighted by Gasteiger charge is 2.01. The van der Waals surface area contributed by atoms with Crippen LogP contribution in [-0.2, 0) is 0 Å². The van der Waals surface area contributed by atoms with Crippen molar-refractivity contribution >= 4 is 17.3 Å². The molecule has 2 N–H and O–H groups in total. The summed E-state index contributed by atoms with van der Waals surface area (Å²) >= 11 is 0. The molecule has 1 aromatic carbocycles. The monoisotopic (exact) mass is 300 g/mol. The van der Waals surface area contributed by atoms with Gasteiger partial charge in [0.15, 0.2) is 0 Å². The lowest BCUT2D eigenvalue weighted by molar-refractivity contribution is 0.340. The maximum Gasteiger partial charge on any atom is 0.135 e. The van der Waals surface area contributed by atoms with Gasteiger partial charge in [-0.1, -0.05) is 13.8 Å². The third-order valence-corrected chi connectivity index (χ3v) is 3.13. The molecular formula is C17H24N4O. The molecule has 0 bridgehead atoms. The number of nitrogens with zero attached hydrogens (tertiary/aromatic N) is 2. The van der Waals surface area contributed by atoms with Crippen LogP contribution in [-0.4, -0.2) is 23.1 Å². The number of rotatable bonds is 8. The maximum absolute atomic E-state index is 5.43. The van der Waals surface area contributed by atoms with E-state index in [9.17, 15) is 0 Å². The molecule has 2 rings (SSSR count). The van der Waals surface area contributed by atoms with E-state index in [-0.39, 0.29) is 0 Å². The van der Waals surface area contributed by atoms with Gasteiger partial charge in [0.05, 0.1) is 6.61 Å². The third-order valence-electron chi connectivity index (χ3n) is 3.13. The standard InChI is InChI=1S/C17H24N4O/c1-4-22-15-7-5-14(6-8-15)21-17-11-16(19-12-20-17)18-10-9-13(2)3/h5-8,11-13H,4,9-10H2,1-3H3,(H2,18,19,20,21). The smallest absolute Gasteiger partial charge is 0.135 e. The van der Waals surface area contributed by atoms with E-state index >= 15 is 0 Å². The van der Waals surface area contributed by atoms with Gasteiger partial charge in [0.2, 0.25) is 0 Å². The van der Waals surface area contributed by atoms with Crippen LogP contribution in [0.25, 0.3) is 0 Å². The average Bonchev–Trinajstić information content (AvgIpc) is 2.50. The molecule has 0 radical (unpaired) electrons. The van der Waals surface area contributed by atoms with Gasteiger partial charge < -0.3 is 15.4 Å².